The SMILES string of the molecule is C[C@@H]1CCN(C(=O)c2ccc(CS(=O)(=O)c3ccccc3)cc2)[C@H]2CCCC[C@H]12. The summed E-state index contributed by atoms with van der Waals surface area (Å²) in [5, 5.41) is 0. The van der Waals surface area contributed by atoms with Crippen LogP contribution in [0.4, 0.5) is 0 Å². The van der Waals surface area contributed by atoms with Crippen molar-refractivity contribution in [2.75, 3.05) is 6.54 Å². The number of carbonyl (C=O) groups excluding carboxylic acids is 1. The van der Waals surface area contributed by atoms with Crippen LogP contribution >= 0.6 is 0 Å². The quantitative estimate of drug-likeness (QED) is 0.733. The third-order valence-corrected chi connectivity index (χ3v) is 8.36. The van der Waals surface area contributed by atoms with Crippen molar-refractivity contribution in [3.05, 3.63) is 65.7 Å². The minimum absolute atomic E-state index is 0.0581. The fourth-order valence-electron chi connectivity index (χ4n) is 5.01. The average molecular weight is 412 g/mol. The summed E-state index contributed by atoms with van der Waals surface area (Å²) >= 11 is 0. The first-order valence-corrected chi connectivity index (χ1v) is 12.3. The molecule has 0 N–H and O–H groups in total. The Morgan fingerprint density at radius 1 is 0.966 bits per heavy atom. The summed E-state index contributed by atoms with van der Waals surface area (Å²) in [7, 11) is -3.38. The van der Waals surface area contributed by atoms with Crippen LogP contribution in [0.5, 0.6) is 0 Å². The molecule has 2 aromatic carbocycles. The monoisotopic (exact) mass is 411 g/mol. The molecule has 4 nitrogen and oxygen atoms in total. The summed E-state index contributed by atoms with van der Waals surface area (Å²) in [5.41, 5.74) is 1.36. The van der Waals surface area contributed by atoms with Gasteiger partial charge in [0.1, 0.15) is 0 Å². The lowest BCUT2D eigenvalue weighted by Crippen LogP contribution is -2.52. The van der Waals surface area contributed by atoms with Gasteiger partial charge in [0.2, 0.25) is 0 Å². The second kappa shape index (κ2) is 8.31. The van der Waals surface area contributed by atoms with E-state index in [0.29, 0.717) is 33.9 Å². The molecule has 3 atom stereocenters. The molecule has 0 unspecified atom stereocenters. The molecule has 1 saturated heterocycles. The Morgan fingerprint density at radius 2 is 1.66 bits per heavy atom. The van der Waals surface area contributed by atoms with Crippen LogP contribution in [-0.2, 0) is 15.6 Å². The molecule has 2 aromatic rings. The van der Waals surface area contributed by atoms with Crippen molar-refractivity contribution < 1.29 is 13.2 Å². The lowest BCUT2D eigenvalue weighted by molar-refractivity contribution is 0.0218. The van der Waals surface area contributed by atoms with E-state index in [9.17, 15) is 13.2 Å². The number of piperidine rings is 1. The molecule has 2 aliphatic rings. The van der Waals surface area contributed by atoms with E-state index in [1.165, 1.54) is 19.3 Å². The zero-order valence-corrected chi connectivity index (χ0v) is 17.8. The van der Waals surface area contributed by atoms with Crippen molar-refractivity contribution in [1.82, 2.24) is 4.90 Å². The van der Waals surface area contributed by atoms with Crippen molar-refractivity contribution in [3.8, 4) is 0 Å². The van der Waals surface area contributed by atoms with E-state index in [4.69, 9.17) is 0 Å². The fourth-order valence-corrected chi connectivity index (χ4v) is 6.38. The Kier molecular flexibility index (Phi) is 5.77. The number of rotatable bonds is 4. The summed E-state index contributed by atoms with van der Waals surface area (Å²) in [5.74, 6) is 1.34. The average Bonchev–Trinajstić information content (AvgIpc) is 2.75. The first-order valence-electron chi connectivity index (χ1n) is 10.6. The molecular formula is C24H29NO3S. The van der Waals surface area contributed by atoms with Crippen molar-refractivity contribution in [2.45, 2.75) is 55.7 Å². The van der Waals surface area contributed by atoms with Gasteiger partial charge in [0.15, 0.2) is 9.84 Å². The number of hydrogen-bond acceptors (Lipinski definition) is 3. The van der Waals surface area contributed by atoms with Gasteiger partial charge in [-0.1, -0.05) is 50.1 Å². The molecule has 1 saturated carbocycles. The van der Waals surface area contributed by atoms with E-state index in [1.54, 1.807) is 54.6 Å². The van der Waals surface area contributed by atoms with Gasteiger partial charge in [-0.3, -0.25) is 4.79 Å². The van der Waals surface area contributed by atoms with Crippen LogP contribution in [0.1, 0.15) is 54.9 Å². The molecule has 4 rings (SSSR count). The Balaban J connectivity index is 1.48. The maximum Gasteiger partial charge on any atom is 0.254 e. The van der Waals surface area contributed by atoms with Gasteiger partial charge in [-0.2, -0.15) is 0 Å². The second-order valence-corrected chi connectivity index (χ2v) is 10.5. The van der Waals surface area contributed by atoms with E-state index >= 15 is 0 Å². The zero-order chi connectivity index (χ0) is 20.4. The number of likely N-dealkylation sites (tertiary alicyclic amines) is 1. The van der Waals surface area contributed by atoms with Gasteiger partial charge in [0.05, 0.1) is 10.6 Å². The van der Waals surface area contributed by atoms with Crippen molar-refractivity contribution in [3.63, 3.8) is 0 Å². The number of benzene rings is 2. The summed E-state index contributed by atoms with van der Waals surface area (Å²) in [6, 6.07) is 16.0. The Morgan fingerprint density at radius 3 is 2.38 bits per heavy atom. The third kappa shape index (κ3) is 4.25. The number of nitrogens with zero attached hydrogens (tertiary/aromatic N) is 1. The number of carbonyl (C=O) groups is 1. The summed E-state index contributed by atoms with van der Waals surface area (Å²) in [6.45, 7) is 3.15. The van der Waals surface area contributed by atoms with E-state index in [2.05, 4.69) is 11.8 Å². The van der Waals surface area contributed by atoms with Gasteiger partial charge in [0, 0.05) is 18.2 Å². The van der Waals surface area contributed by atoms with Gasteiger partial charge in [-0.15, -0.1) is 0 Å². The van der Waals surface area contributed by atoms with E-state index in [-0.39, 0.29) is 11.7 Å². The maximum atomic E-state index is 13.2. The normalized spacial score (nSPS) is 24.7. The smallest absolute Gasteiger partial charge is 0.254 e. The number of amides is 1. The van der Waals surface area contributed by atoms with Gasteiger partial charge >= 0.3 is 0 Å². The third-order valence-electron chi connectivity index (χ3n) is 6.66. The number of sulfone groups is 1. The lowest BCUT2D eigenvalue weighted by Gasteiger charge is -2.47. The van der Waals surface area contributed by atoms with Crippen LogP contribution in [0, 0.1) is 11.8 Å². The minimum atomic E-state index is -3.38. The second-order valence-electron chi connectivity index (χ2n) is 8.55. The Bertz CT molecular complexity index is 953. The molecule has 0 aromatic heterocycles. The number of fused-ring (bicyclic) bond motifs is 1. The molecule has 154 valence electrons. The Hall–Kier alpha value is -2.14. The largest absolute Gasteiger partial charge is 0.335 e. The molecule has 1 aliphatic carbocycles. The highest BCUT2D eigenvalue weighted by Gasteiger charge is 2.39. The van der Waals surface area contributed by atoms with E-state index < -0.39 is 9.84 Å². The maximum absolute atomic E-state index is 13.2. The first-order chi connectivity index (χ1) is 14.0. The van der Waals surface area contributed by atoms with Gasteiger partial charge in [0.25, 0.3) is 5.91 Å². The molecule has 1 amide bonds. The topological polar surface area (TPSA) is 54.5 Å². The highest BCUT2D eigenvalue weighted by molar-refractivity contribution is 7.90. The predicted octanol–water partition coefficient (Wildman–Crippen LogP) is 4.70. The molecular weight excluding hydrogens is 382 g/mol. The molecule has 1 heterocycles. The van der Waals surface area contributed by atoms with Gasteiger partial charge in [-0.25, -0.2) is 8.42 Å². The molecule has 0 bridgehead atoms. The van der Waals surface area contributed by atoms with Crippen LogP contribution in [0.25, 0.3) is 0 Å². The summed E-state index contributed by atoms with van der Waals surface area (Å²) in [4.78, 5) is 15.6. The van der Waals surface area contributed by atoms with Crippen molar-refractivity contribution >= 4 is 15.7 Å². The van der Waals surface area contributed by atoms with Crippen molar-refractivity contribution in [1.29, 1.82) is 0 Å². The molecule has 1 aliphatic heterocycles. The standard InChI is InChI=1S/C24H29NO3S/c1-18-15-16-25(23-10-6-5-9-22(18)23)24(26)20-13-11-19(12-14-20)17-29(27,28)21-7-3-2-4-8-21/h2-4,7-8,11-14,18,22-23H,5-6,9-10,15-17H2,1H3/t18-,22-,23+/m1/s1. The highest BCUT2D eigenvalue weighted by atomic mass is 32.2. The molecule has 29 heavy (non-hydrogen) atoms. The fraction of sp³-hybridized carbons (Fsp3) is 0.458. The zero-order valence-electron chi connectivity index (χ0n) is 17.0. The summed E-state index contributed by atoms with van der Waals surface area (Å²) in [6.07, 6.45) is 5.88. The predicted molar refractivity (Wildman–Crippen MR) is 114 cm³/mol. The van der Waals surface area contributed by atoms with Crippen molar-refractivity contribution in [2.24, 2.45) is 11.8 Å². The molecule has 0 spiro atoms. The lowest BCUT2D eigenvalue weighted by atomic mass is 9.72. The molecule has 0 radical (unpaired) electrons. The van der Waals surface area contributed by atoms with Crippen LogP contribution in [0.3, 0.4) is 0 Å². The number of hydrogen-bond donors (Lipinski definition) is 0. The van der Waals surface area contributed by atoms with Crippen LogP contribution in [0.2, 0.25) is 0 Å². The van der Waals surface area contributed by atoms with Gasteiger partial charge < -0.3 is 4.90 Å². The van der Waals surface area contributed by atoms with Gasteiger partial charge in [-0.05, 0) is 60.9 Å². The van der Waals surface area contributed by atoms with E-state index in [1.807, 2.05) is 0 Å². The first kappa shape index (κ1) is 20.1. The molecule has 5 heteroatoms. The van der Waals surface area contributed by atoms with Crippen LogP contribution in [0.15, 0.2) is 59.5 Å². The molecule has 2 fully saturated rings. The Labute approximate surface area is 173 Å². The van der Waals surface area contributed by atoms with E-state index in [0.717, 1.165) is 19.4 Å². The van der Waals surface area contributed by atoms with Crippen LogP contribution < -0.4 is 0 Å². The minimum Gasteiger partial charge on any atom is -0.335 e. The van der Waals surface area contributed by atoms with Crippen LogP contribution in [-0.4, -0.2) is 31.8 Å². The highest BCUT2D eigenvalue weighted by Crippen LogP contribution is 2.39. The summed E-state index contributed by atoms with van der Waals surface area (Å²) < 4.78 is 25.2.